The molecule has 0 radical (unpaired) electrons. The van der Waals surface area contributed by atoms with Gasteiger partial charge in [0.05, 0.1) is 36.6 Å². The molecule has 2 unspecified atom stereocenters. The number of nitrogens with two attached hydrogens (primary N) is 1. The van der Waals surface area contributed by atoms with Crippen LogP contribution in [0, 0.1) is 0 Å². The number of carbonyl (C=O) groups excluding carboxylic acids is 2. The molecular weight excluding hydrogens is 436 g/mol. The smallest absolute Gasteiger partial charge is 0.252 e. The van der Waals surface area contributed by atoms with E-state index in [-0.39, 0.29) is 48.9 Å². The quantitative estimate of drug-likeness (QED) is 0.562. The number of ether oxygens (including phenoxy) is 1. The molecule has 1 aliphatic heterocycles. The fourth-order valence-electron chi connectivity index (χ4n) is 3.63. The van der Waals surface area contributed by atoms with E-state index in [1.165, 1.54) is 29.3 Å². The van der Waals surface area contributed by atoms with Gasteiger partial charge >= 0.3 is 0 Å². The first-order valence-electron chi connectivity index (χ1n) is 10.2. The molecule has 0 bridgehead atoms. The second-order valence-electron chi connectivity index (χ2n) is 7.62. The van der Waals surface area contributed by atoms with Crippen molar-refractivity contribution in [3.63, 3.8) is 0 Å². The first-order valence-corrected chi connectivity index (χ1v) is 10.2. The largest absolute Gasteiger partial charge is 0.485 e. The van der Waals surface area contributed by atoms with Crippen molar-refractivity contribution >= 4 is 11.8 Å². The van der Waals surface area contributed by atoms with E-state index in [0.717, 1.165) is 0 Å². The Hall–Kier alpha value is -4.02. The van der Waals surface area contributed by atoms with Gasteiger partial charge in [0.2, 0.25) is 5.91 Å². The second kappa shape index (κ2) is 9.63. The minimum absolute atomic E-state index is 0.0376. The van der Waals surface area contributed by atoms with Gasteiger partial charge in [-0.2, -0.15) is 5.10 Å². The summed E-state index contributed by atoms with van der Waals surface area (Å²) in [5, 5.41) is 6.50. The lowest BCUT2D eigenvalue weighted by molar-refractivity contribution is -0.134. The van der Waals surface area contributed by atoms with Crippen molar-refractivity contribution in [3.05, 3.63) is 60.0 Å². The summed E-state index contributed by atoms with van der Waals surface area (Å²) in [4.78, 5) is 33.8. The Morgan fingerprint density at radius 3 is 2.67 bits per heavy atom. The number of nitrogens with one attached hydrogen (secondary N) is 1. The molecule has 2 aromatic heterocycles. The molecule has 3 N–H and O–H groups in total. The minimum Gasteiger partial charge on any atom is -0.485 e. The van der Waals surface area contributed by atoms with Gasteiger partial charge in [0.1, 0.15) is 6.10 Å². The minimum atomic E-state index is -1.47. The van der Waals surface area contributed by atoms with Crippen LogP contribution in [0.25, 0.3) is 11.3 Å². The number of hydrogen-bond donors (Lipinski definition) is 2. The van der Waals surface area contributed by atoms with Gasteiger partial charge in [-0.25, -0.2) is 4.39 Å². The van der Waals surface area contributed by atoms with Crippen molar-refractivity contribution < 1.29 is 28.2 Å². The van der Waals surface area contributed by atoms with Gasteiger partial charge in [0.15, 0.2) is 17.7 Å². The maximum atomic E-state index is 14.9. The van der Waals surface area contributed by atoms with E-state index in [4.69, 9.17) is 10.5 Å². The van der Waals surface area contributed by atoms with Crippen molar-refractivity contribution in [1.29, 1.82) is 0 Å². The maximum absolute atomic E-state index is 14.9. The van der Waals surface area contributed by atoms with Crippen molar-refractivity contribution in [2.75, 3.05) is 13.1 Å². The van der Waals surface area contributed by atoms with Gasteiger partial charge in [-0.05, 0) is 23.8 Å². The molecule has 1 fully saturated rings. The zero-order valence-electron chi connectivity index (χ0n) is 17.4. The normalized spacial score (nSPS) is 18.1. The molecule has 3 aromatic rings. The molecule has 0 aliphatic carbocycles. The molecule has 3 heterocycles. The molecule has 1 aromatic carbocycles. The number of H-pyrrole nitrogens is 1. The second-order valence-corrected chi connectivity index (χ2v) is 7.62. The summed E-state index contributed by atoms with van der Waals surface area (Å²) in [5.74, 6) is -0.869. The lowest BCUT2D eigenvalue weighted by atomic mass is 10.0. The van der Waals surface area contributed by atoms with E-state index in [1.807, 2.05) is 0 Å². The number of aromatic nitrogens is 3. The van der Waals surface area contributed by atoms with Crippen LogP contribution in [0.1, 0.15) is 22.3 Å². The lowest BCUT2D eigenvalue weighted by Crippen LogP contribution is -2.49. The summed E-state index contributed by atoms with van der Waals surface area (Å²) >= 11 is 0. The van der Waals surface area contributed by atoms with E-state index in [2.05, 4.69) is 20.1 Å². The van der Waals surface area contributed by atoms with Crippen LogP contribution >= 0.6 is 0 Å². The number of pyridine rings is 1. The predicted octanol–water partition coefficient (Wildman–Crippen LogP) is 2.39. The number of halogens is 2. The summed E-state index contributed by atoms with van der Waals surface area (Å²) in [7, 11) is 0. The molecule has 1 aliphatic rings. The van der Waals surface area contributed by atoms with Gasteiger partial charge in [-0.3, -0.25) is 24.6 Å². The van der Waals surface area contributed by atoms with Crippen molar-refractivity contribution in [1.82, 2.24) is 20.1 Å². The molecule has 0 spiro atoms. The molecule has 172 valence electrons. The highest BCUT2D eigenvalue weighted by molar-refractivity contribution is 5.96. The van der Waals surface area contributed by atoms with E-state index in [0.29, 0.717) is 16.8 Å². The van der Waals surface area contributed by atoms with E-state index in [9.17, 15) is 18.5 Å². The van der Waals surface area contributed by atoms with Gasteiger partial charge in [-0.15, -0.1) is 0 Å². The predicted molar refractivity (Wildman–Crippen MR) is 113 cm³/mol. The Morgan fingerprint density at radius 1 is 1.24 bits per heavy atom. The number of piperidine rings is 1. The van der Waals surface area contributed by atoms with Gasteiger partial charge in [0.25, 0.3) is 5.91 Å². The fourth-order valence-corrected chi connectivity index (χ4v) is 3.63. The summed E-state index contributed by atoms with van der Waals surface area (Å²) < 4.78 is 32.8. The molecule has 11 heteroatoms. The first kappa shape index (κ1) is 22.2. The highest BCUT2D eigenvalue weighted by Crippen LogP contribution is 2.27. The van der Waals surface area contributed by atoms with Crippen LogP contribution in [-0.2, 0) is 11.2 Å². The van der Waals surface area contributed by atoms with Crippen molar-refractivity contribution in [2.24, 2.45) is 5.73 Å². The third-order valence-corrected chi connectivity index (χ3v) is 5.41. The number of hydrogen-bond acceptors (Lipinski definition) is 6. The van der Waals surface area contributed by atoms with Crippen LogP contribution < -0.4 is 15.4 Å². The molecular formula is C22H21F2N5O4. The summed E-state index contributed by atoms with van der Waals surface area (Å²) in [5.41, 5.74) is 7.34. The third kappa shape index (κ3) is 5.08. The van der Waals surface area contributed by atoms with Crippen LogP contribution in [-0.4, -0.2) is 57.3 Å². The number of amides is 2. The highest BCUT2D eigenvalue weighted by atomic mass is 19.3. The van der Waals surface area contributed by atoms with Crippen LogP contribution in [0.3, 0.4) is 0 Å². The fraction of sp³-hybridized carbons (Fsp3) is 0.273. The average Bonchev–Trinajstić information content (AvgIpc) is 3.36. The number of likely N-dealkylation sites (tertiary alicyclic amines) is 1. The van der Waals surface area contributed by atoms with E-state index >= 15 is 0 Å². The summed E-state index contributed by atoms with van der Waals surface area (Å²) in [6.45, 7) is 0.129. The van der Waals surface area contributed by atoms with Gasteiger partial charge in [0, 0.05) is 29.3 Å². The Balaban J connectivity index is 1.39. The van der Waals surface area contributed by atoms with Crippen LogP contribution in [0.4, 0.5) is 8.92 Å². The van der Waals surface area contributed by atoms with E-state index in [1.54, 1.807) is 24.5 Å². The summed E-state index contributed by atoms with van der Waals surface area (Å²) in [6, 6.07) is 7.42. The van der Waals surface area contributed by atoms with Crippen LogP contribution in [0.2, 0.25) is 0 Å². The average molecular weight is 457 g/mol. The third-order valence-electron chi connectivity index (χ3n) is 5.41. The number of primary amides is 1. The van der Waals surface area contributed by atoms with Crippen molar-refractivity contribution in [2.45, 2.75) is 25.1 Å². The Labute approximate surface area is 187 Å². The summed E-state index contributed by atoms with van der Waals surface area (Å²) in [6.07, 6.45) is 2.42. The van der Waals surface area contributed by atoms with Crippen LogP contribution in [0.15, 0.2) is 48.9 Å². The lowest BCUT2D eigenvalue weighted by Gasteiger charge is -2.35. The molecule has 2 atom stereocenters. The zero-order chi connectivity index (χ0) is 23.4. The van der Waals surface area contributed by atoms with Crippen molar-refractivity contribution in [3.8, 4) is 22.8 Å². The molecule has 9 nitrogen and oxygen atoms in total. The maximum Gasteiger partial charge on any atom is 0.252 e. The number of alkyl halides is 1. The Morgan fingerprint density at radius 2 is 2.03 bits per heavy atom. The molecule has 2 amide bonds. The topological polar surface area (TPSA) is 123 Å². The van der Waals surface area contributed by atoms with Gasteiger partial charge in [-0.1, -0.05) is 12.1 Å². The molecule has 1 saturated heterocycles. The molecule has 4 rings (SSSR count). The molecule has 0 saturated carbocycles. The number of benzene rings is 1. The Bertz CT molecular complexity index is 1120. The monoisotopic (exact) mass is 457 g/mol. The SMILES string of the molecule is NC(=O)c1cc(-c2cn[nH]c2)ncc1OC1CCN(C(=O)Cc2ccc(OF)cc2)CC1F. The Kier molecular flexibility index (Phi) is 6.48. The zero-order valence-corrected chi connectivity index (χ0v) is 17.4. The van der Waals surface area contributed by atoms with Crippen LogP contribution in [0.5, 0.6) is 11.5 Å². The van der Waals surface area contributed by atoms with E-state index < -0.39 is 18.2 Å². The molecule has 33 heavy (non-hydrogen) atoms. The standard InChI is InChI=1S/C22H21F2N5O4/c23-17-12-29(21(30)7-13-1-3-15(33-24)4-2-13)6-5-19(17)32-20-11-26-18(8-16(20)22(25)31)14-9-27-28-10-14/h1-4,8-11,17,19H,5-7,12H2,(H2,25,31)(H,27,28). The number of aromatic amines is 1. The van der Waals surface area contributed by atoms with Gasteiger partial charge < -0.3 is 15.4 Å². The number of rotatable bonds is 7. The number of carbonyl (C=O) groups is 2. The number of nitrogens with zero attached hydrogens (tertiary/aromatic N) is 3. The highest BCUT2D eigenvalue weighted by Gasteiger charge is 2.33. The first-order chi connectivity index (χ1) is 15.9.